The van der Waals surface area contributed by atoms with Crippen molar-refractivity contribution in [1.29, 1.82) is 0 Å². The highest BCUT2D eigenvalue weighted by Crippen LogP contribution is 2.38. The third kappa shape index (κ3) is 4.91. The Balaban J connectivity index is 1.44. The van der Waals surface area contributed by atoms with Crippen LogP contribution in [0.15, 0.2) is 78.9 Å². The van der Waals surface area contributed by atoms with E-state index in [-0.39, 0.29) is 17.2 Å². The van der Waals surface area contributed by atoms with Gasteiger partial charge in [-0.3, -0.25) is 9.59 Å². The summed E-state index contributed by atoms with van der Waals surface area (Å²) >= 11 is 1.63. The van der Waals surface area contributed by atoms with E-state index in [1.165, 1.54) is 5.56 Å². The SMILES string of the molecule is COc1ccccc1NC(=O)c1ccc([C@@H]2SCC(=O)N2CCc2ccccc2)cc1. The molecule has 0 aromatic heterocycles. The minimum atomic E-state index is -0.202. The number of thioether (sulfide) groups is 1. The van der Waals surface area contributed by atoms with E-state index in [4.69, 9.17) is 4.74 Å². The second-order valence-corrected chi connectivity index (χ2v) is 8.33. The summed E-state index contributed by atoms with van der Waals surface area (Å²) in [6, 6.07) is 25.0. The molecule has 1 atom stereocenters. The molecule has 0 spiro atoms. The van der Waals surface area contributed by atoms with E-state index < -0.39 is 0 Å². The third-order valence-corrected chi connectivity index (χ3v) is 6.52. The quantitative estimate of drug-likeness (QED) is 0.585. The molecular weight excluding hydrogens is 408 g/mol. The van der Waals surface area contributed by atoms with E-state index in [0.717, 1.165) is 12.0 Å². The Kier molecular flexibility index (Phi) is 6.57. The first-order valence-corrected chi connectivity index (χ1v) is 11.2. The van der Waals surface area contributed by atoms with Gasteiger partial charge in [-0.1, -0.05) is 54.6 Å². The van der Waals surface area contributed by atoms with Crippen LogP contribution in [0.25, 0.3) is 0 Å². The highest BCUT2D eigenvalue weighted by atomic mass is 32.2. The van der Waals surface area contributed by atoms with Crippen LogP contribution in [0.3, 0.4) is 0 Å². The molecule has 1 heterocycles. The third-order valence-electron chi connectivity index (χ3n) is 5.27. The maximum Gasteiger partial charge on any atom is 0.255 e. The Bertz CT molecular complexity index is 1050. The summed E-state index contributed by atoms with van der Waals surface area (Å²) in [6.07, 6.45) is 0.822. The van der Waals surface area contributed by atoms with Crippen molar-refractivity contribution >= 4 is 29.3 Å². The van der Waals surface area contributed by atoms with Crippen LogP contribution in [0.1, 0.15) is 26.9 Å². The first-order chi connectivity index (χ1) is 15.2. The fourth-order valence-corrected chi connectivity index (χ4v) is 4.83. The topological polar surface area (TPSA) is 58.6 Å². The largest absolute Gasteiger partial charge is 0.495 e. The zero-order valence-corrected chi connectivity index (χ0v) is 18.1. The van der Waals surface area contributed by atoms with Gasteiger partial charge in [-0.2, -0.15) is 0 Å². The molecule has 3 aromatic carbocycles. The number of amides is 2. The van der Waals surface area contributed by atoms with Crippen LogP contribution < -0.4 is 10.1 Å². The lowest BCUT2D eigenvalue weighted by Gasteiger charge is -2.24. The smallest absolute Gasteiger partial charge is 0.255 e. The minimum absolute atomic E-state index is 0.0254. The summed E-state index contributed by atoms with van der Waals surface area (Å²) in [7, 11) is 1.57. The van der Waals surface area contributed by atoms with E-state index in [2.05, 4.69) is 17.4 Å². The predicted molar refractivity (Wildman–Crippen MR) is 124 cm³/mol. The lowest BCUT2D eigenvalue weighted by molar-refractivity contribution is -0.128. The number of nitrogens with zero attached hydrogens (tertiary/aromatic N) is 1. The summed E-state index contributed by atoms with van der Waals surface area (Å²) < 4.78 is 5.29. The van der Waals surface area contributed by atoms with Crippen molar-refractivity contribution in [3.63, 3.8) is 0 Å². The molecule has 3 aromatic rings. The van der Waals surface area contributed by atoms with Crippen molar-refractivity contribution in [2.24, 2.45) is 0 Å². The van der Waals surface area contributed by atoms with Gasteiger partial charge in [0.05, 0.1) is 18.6 Å². The van der Waals surface area contributed by atoms with Crippen molar-refractivity contribution in [1.82, 2.24) is 4.90 Å². The average molecular weight is 433 g/mol. The van der Waals surface area contributed by atoms with Crippen LogP contribution in [-0.2, 0) is 11.2 Å². The van der Waals surface area contributed by atoms with E-state index in [0.29, 0.717) is 29.3 Å². The Morgan fingerprint density at radius 3 is 2.48 bits per heavy atom. The molecule has 158 valence electrons. The number of para-hydroxylation sites is 2. The van der Waals surface area contributed by atoms with E-state index >= 15 is 0 Å². The van der Waals surface area contributed by atoms with Gasteiger partial charge in [0.15, 0.2) is 0 Å². The van der Waals surface area contributed by atoms with Gasteiger partial charge in [-0.05, 0) is 41.8 Å². The molecule has 1 N–H and O–H groups in total. The number of anilines is 1. The Hall–Kier alpha value is -3.25. The van der Waals surface area contributed by atoms with Crippen LogP contribution in [0.2, 0.25) is 0 Å². The molecule has 0 unspecified atom stereocenters. The maximum atomic E-state index is 12.7. The molecule has 1 saturated heterocycles. The van der Waals surface area contributed by atoms with Crippen LogP contribution in [-0.4, -0.2) is 36.1 Å². The number of hydrogen-bond donors (Lipinski definition) is 1. The van der Waals surface area contributed by atoms with Gasteiger partial charge in [-0.15, -0.1) is 11.8 Å². The van der Waals surface area contributed by atoms with Crippen molar-refractivity contribution in [2.75, 3.05) is 24.7 Å². The number of benzene rings is 3. The van der Waals surface area contributed by atoms with Gasteiger partial charge in [0.1, 0.15) is 11.1 Å². The van der Waals surface area contributed by atoms with Crippen LogP contribution in [0, 0.1) is 0 Å². The lowest BCUT2D eigenvalue weighted by Crippen LogP contribution is -2.30. The van der Waals surface area contributed by atoms with Crippen molar-refractivity contribution in [3.05, 3.63) is 95.6 Å². The zero-order valence-electron chi connectivity index (χ0n) is 17.3. The van der Waals surface area contributed by atoms with Gasteiger partial charge in [0.2, 0.25) is 5.91 Å². The molecule has 2 amide bonds. The first-order valence-electron chi connectivity index (χ1n) is 10.1. The molecule has 1 aliphatic rings. The molecular formula is C25H24N2O3S. The summed E-state index contributed by atoms with van der Waals surface area (Å²) in [5.74, 6) is 1.05. The lowest BCUT2D eigenvalue weighted by atomic mass is 10.1. The van der Waals surface area contributed by atoms with Gasteiger partial charge >= 0.3 is 0 Å². The number of hydrogen-bond acceptors (Lipinski definition) is 4. The van der Waals surface area contributed by atoms with Gasteiger partial charge in [0.25, 0.3) is 5.91 Å². The Labute approximate surface area is 186 Å². The second kappa shape index (κ2) is 9.71. The van der Waals surface area contributed by atoms with Gasteiger partial charge in [0, 0.05) is 12.1 Å². The number of ether oxygens (including phenoxy) is 1. The average Bonchev–Trinajstić information content (AvgIpc) is 3.19. The molecule has 0 saturated carbocycles. The van der Waals surface area contributed by atoms with E-state index in [1.807, 2.05) is 47.4 Å². The molecule has 31 heavy (non-hydrogen) atoms. The summed E-state index contributed by atoms with van der Waals surface area (Å²) in [6.45, 7) is 0.677. The Morgan fingerprint density at radius 1 is 1.03 bits per heavy atom. The minimum Gasteiger partial charge on any atom is -0.495 e. The standard InChI is InChI=1S/C25H24N2O3S/c1-30-22-10-6-5-9-21(22)26-24(29)19-11-13-20(14-12-19)25-27(23(28)17-31-25)16-15-18-7-3-2-4-8-18/h2-14,25H,15-17H2,1H3,(H,26,29)/t25-/m0/s1. The highest BCUT2D eigenvalue weighted by molar-refractivity contribution is 8.00. The monoisotopic (exact) mass is 432 g/mol. The summed E-state index contributed by atoms with van der Waals surface area (Å²) in [4.78, 5) is 27.0. The van der Waals surface area contributed by atoms with Crippen molar-refractivity contribution in [2.45, 2.75) is 11.8 Å². The summed E-state index contributed by atoms with van der Waals surface area (Å²) in [5.41, 5.74) is 3.43. The van der Waals surface area contributed by atoms with E-state index in [1.54, 1.807) is 43.1 Å². The molecule has 0 bridgehead atoms. The molecule has 1 aliphatic heterocycles. The fraction of sp³-hybridized carbons (Fsp3) is 0.200. The normalized spacial score (nSPS) is 15.7. The van der Waals surface area contributed by atoms with Crippen molar-refractivity contribution in [3.8, 4) is 5.75 Å². The first kappa shape index (κ1) is 21.0. The van der Waals surface area contributed by atoms with Crippen LogP contribution >= 0.6 is 11.8 Å². The van der Waals surface area contributed by atoms with E-state index in [9.17, 15) is 9.59 Å². The number of carbonyl (C=O) groups is 2. The van der Waals surface area contributed by atoms with Crippen molar-refractivity contribution < 1.29 is 14.3 Å². The molecule has 0 radical (unpaired) electrons. The highest BCUT2D eigenvalue weighted by Gasteiger charge is 2.32. The maximum absolute atomic E-state index is 12.7. The predicted octanol–water partition coefficient (Wildman–Crippen LogP) is 4.76. The molecule has 5 nitrogen and oxygen atoms in total. The molecule has 1 fully saturated rings. The van der Waals surface area contributed by atoms with Gasteiger partial charge < -0.3 is 15.0 Å². The number of carbonyl (C=O) groups excluding carboxylic acids is 2. The zero-order chi connectivity index (χ0) is 21.6. The number of methoxy groups -OCH3 is 1. The van der Waals surface area contributed by atoms with Crippen LogP contribution in [0.4, 0.5) is 5.69 Å². The molecule has 6 heteroatoms. The molecule has 4 rings (SSSR count). The Morgan fingerprint density at radius 2 is 1.74 bits per heavy atom. The van der Waals surface area contributed by atoms with Gasteiger partial charge in [-0.25, -0.2) is 0 Å². The van der Waals surface area contributed by atoms with Crippen LogP contribution in [0.5, 0.6) is 5.75 Å². The molecule has 0 aliphatic carbocycles. The second-order valence-electron chi connectivity index (χ2n) is 7.26. The summed E-state index contributed by atoms with van der Waals surface area (Å²) in [5, 5.41) is 2.86. The fourth-order valence-electron chi connectivity index (χ4n) is 3.61. The number of rotatable bonds is 7. The number of nitrogens with one attached hydrogen (secondary N) is 1.